The second kappa shape index (κ2) is 41.6. The van der Waals surface area contributed by atoms with Gasteiger partial charge in [-0.15, -0.1) is 35.3 Å². The Morgan fingerprint density at radius 2 is 0.977 bits per heavy atom. The Labute approximate surface area is 608 Å². The van der Waals surface area contributed by atoms with E-state index in [0.29, 0.717) is 33.6 Å². The monoisotopic (exact) mass is 2000 g/mol. The molecule has 0 unspecified atom stereocenters. The van der Waals surface area contributed by atoms with Gasteiger partial charge >= 0.3 is 126 Å². The van der Waals surface area contributed by atoms with Crippen LogP contribution in [0.25, 0.3) is 16.9 Å². The van der Waals surface area contributed by atoms with E-state index >= 15 is 0 Å². The zero-order valence-corrected chi connectivity index (χ0v) is 69.3. The number of thioether (sulfide) groups is 3. The average molecular weight is 2000 g/mol. The van der Waals surface area contributed by atoms with Gasteiger partial charge in [-0.1, -0.05) is 71.1 Å². The van der Waals surface area contributed by atoms with E-state index < -0.39 is 5.97 Å². The van der Waals surface area contributed by atoms with Crippen molar-refractivity contribution in [1.82, 2.24) is 43.3 Å². The van der Waals surface area contributed by atoms with E-state index in [1.807, 2.05) is 66.3 Å². The fourth-order valence-corrected chi connectivity index (χ4v) is 12.5. The predicted molar refractivity (Wildman–Crippen MR) is 407 cm³/mol. The number of carboxylic acids is 1. The average Bonchev–Trinajstić information content (AvgIpc) is 1.90. The summed E-state index contributed by atoms with van der Waals surface area (Å²) in [6.45, 7) is 23.5. The minimum absolute atomic E-state index is 0.00768. The molecule has 28 heteroatoms. The number of aromatic amines is 1. The van der Waals surface area contributed by atoms with Gasteiger partial charge in [0.2, 0.25) is 0 Å². The molecule has 0 amide bonds. The first kappa shape index (κ1) is 77.5. The van der Waals surface area contributed by atoms with Crippen molar-refractivity contribution < 1.29 is 38.6 Å². The van der Waals surface area contributed by atoms with Crippen molar-refractivity contribution in [2.24, 2.45) is 17.8 Å². The molecule has 0 aromatic carbocycles. The van der Waals surface area contributed by atoms with Gasteiger partial charge in [0.05, 0.1) is 68.5 Å². The molecule has 3 aliphatic heterocycles. The number of aromatic carboxylic acids is 1. The Balaban J connectivity index is 0.000000224. The molecule has 0 saturated carbocycles. The number of pyridine rings is 3. The first-order valence-electron chi connectivity index (χ1n) is 29.5. The molecule has 2 N–H and O–H groups in total. The number of carbonyl (C=O) groups is 3. The number of fused-ring (bicyclic) bond motifs is 3. The quantitative estimate of drug-likeness (QED) is 0.0256. The number of nitrogens with one attached hydrogen (secondary N) is 1. The summed E-state index contributed by atoms with van der Waals surface area (Å²) in [4.78, 5) is 64.0. The van der Waals surface area contributed by atoms with Crippen molar-refractivity contribution in [3.8, 4) is 0 Å². The third-order valence-corrected chi connectivity index (χ3v) is 18.5. The molecule has 3 fully saturated rings. The Morgan fingerprint density at radius 1 is 0.632 bits per heavy atom. The van der Waals surface area contributed by atoms with Gasteiger partial charge in [0.1, 0.15) is 12.2 Å². The van der Waals surface area contributed by atoms with Crippen LogP contribution in [0.1, 0.15) is 162 Å². The summed E-state index contributed by atoms with van der Waals surface area (Å²) in [6, 6.07) is 5.77. The number of hydrogen-bond donors (Lipinski definition) is 2. The molecule has 7 aromatic rings. The Hall–Kier alpha value is -0.181. The summed E-state index contributed by atoms with van der Waals surface area (Å²) < 4.78 is 11.3. The number of halogens is 6. The molecule has 10 heterocycles. The van der Waals surface area contributed by atoms with Gasteiger partial charge in [-0.25, -0.2) is 29.5 Å². The zero-order chi connectivity index (χ0) is 63.6. The molecule has 0 radical (unpaired) electrons. The molecular weight excluding hydrogens is 1920 g/mol. The van der Waals surface area contributed by atoms with Gasteiger partial charge in [-0.3, -0.25) is 23.1 Å². The Kier molecular flexibility index (Phi) is 37.1. The van der Waals surface area contributed by atoms with E-state index in [4.69, 9.17) is 9.72 Å². The van der Waals surface area contributed by atoms with Gasteiger partial charge in [-0.05, 0) is 123 Å². The van der Waals surface area contributed by atoms with Crippen LogP contribution in [0.2, 0.25) is 0 Å². The third-order valence-electron chi connectivity index (χ3n) is 14.9. The van der Waals surface area contributed by atoms with Crippen LogP contribution in [0.5, 0.6) is 0 Å². The van der Waals surface area contributed by atoms with Gasteiger partial charge in [0.25, 0.3) is 0 Å². The number of rotatable bonds is 19. The topological polar surface area (TPSA) is 184 Å². The molecule has 7 aromatic heterocycles. The van der Waals surface area contributed by atoms with Gasteiger partial charge in [-0.2, -0.15) is 5.10 Å². The summed E-state index contributed by atoms with van der Waals surface area (Å²) in [5.74, 6) is 5.02. The van der Waals surface area contributed by atoms with Crippen molar-refractivity contribution in [3.05, 3.63) is 84.2 Å². The van der Waals surface area contributed by atoms with E-state index in [-0.39, 0.29) is 22.6 Å². The number of piperidine rings is 3. The molecule has 3 aliphatic rings. The Morgan fingerprint density at radius 3 is 1.31 bits per heavy atom. The molecule has 3 saturated heterocycles. The summed E-state index contributed by atoms with van der Waals surface area (Å²) in [5.41, 5.74) is 7.46. The number of ether oxygens (including phenoxy) is 1. The van der Waals surface area contributed by atoms with Crippen LogP contribution in [-0.4, -0.2) is 134 Å². The standard InChI is InChI=1S/C22H30N6OS.C19H27N3O2S.C17H23N3O2S.CH3I.5HI.2V/c1-4-9-30-20-12-23-22-18(27-7-5-15(2)6-8-27)11-17(13-28(20)22)19(29)10-16(3)21-24-14-25-26-21;1-4-10-25-17-12-20-18-16(21-8-6-14(3)7-9-21)11-15(13-22(17)18)19(23)24-5-2;1-3-8-23-15-10-18-16-14(19-6-4-12(2)5-7-19)9-13(17(21)22)11-20(15)16;1-2;;;;;;;/h11-16H,4-10H2,1-3H3,(H,24,25,26);11-14H,4-10H2,1-3H3;9-12H,3-8H2,1-2H3,(H,21,22);1H3;5*1H;;/q;;;;;;;;;+2;+3/p-5/t16-;;;;;;;;;;/m1........../s1. The molecule has 0 aliphatic carbocycles. The number of nitrogens with zero attached hydrogens (tertiary/aromatic N) is 11. The zero-order valence-electron chi connectivity index (χ0n) is 51.1. The van der Waals surface area contributed by atoms with Crippen LogP contribution >= 0.6 is 158 Å². The van der Waals surface area contributed by atoms with E-state index in [0.717, 1.165) is 167 Å². The third kappa shape index (κ3) is 23.9. The maximum atomic E-state index is 13.2. The minimum atomic E-state index is -0.890. The summed E-state index contributed by atoms with van der Waals surface area (Å²) in [5, 5.41) is 19.4. The van der Waals surface area contributed by atoms with Gasteiger partial charge < -0.3 is 24.5 Å². The van der Waals surface area contributed by atoms with Crippen molar-refractivity contribution in [2.45, 2.75) is 141 Å². The van der Waals surface area contributed by atoms with Crippen molar-refractivity contribution in [2.75, 3.05) is 82.8 Å². The number of anilines is 3. The fraction of sp³-hybridized carbons (Fsp3) is 0.559. The Bertz CT molecular complexity index is 3190. The van der Waals surface area contributed by atoms with Crippen LogP contribution in [0, 0.1) is 17.8 Å². The normalized spacial score (nSPS) is 15.1. The van der Waals surface area contributed by atoms with Crippen LogP contribution < -0.4 is 14.7 Å². The molecule has 0 spiro atoms. The molecule has 10 rings (SSSR count). The number of esters is 1. The molecule has 1 atom stereocenters. The first-order chi connectivity index (χ1) is 41.9. The van der Waals surface area contributed by atoms with Crippen molar-refractivity contribution >= 4 is 209 Å². The summed E-state index contributed by atoms with van der Waals surface area (Å²) in [7, 11) is 0.628. The first-order valence-corrected chi connectivity index (χ1v) is 57.1. The SMILES string of the molecule is CCCSc1cnc2c(N3CCC(C)CC3)cc(C(=O)C[C@@H](C)c3ncn[nH]3)cn12.CCCSc1cnc2c(N3CCC(C)CC3)cc(C(=O)O)cn12.CCCSc1cnc2c(N3CCC(C)CC3)cc(C(=O)OCC)cn12.CI.[I][V]([I])[I].[I][V][I]. The van der Waals surface area contributed by atoms with Crippen molar-refractivity contribution in [3.63, 3.8) is 0 Å². The fourth-order valence-electron chi connectivity index (χ4n) is 10.1. The number of ketones is 1. The number of Topliss-reactive ketones (excluding diaryl/α,β-unsaturated/α-hetero) is 1. The maximum absolute atomic E-state index is 13.2. The summed E-state index contributed by atoms with van der Waals surface area (Å²) in [6.07, 6.45) is 23.4. The number of H-pyrrole nitrogens is 1. The van der Waals surface area contributed by atoms with E-state index in [1.165, 1.54) is 32.0 Å². The molecule has 479 valence electrons. The predicted octanol–water partition coefficient (Wildman–Crippen LogP) is 18.1. The van der Waals surface area contributed by atoms with Crippen LogP contribution in [0.3, 0.4) is 0 Å². The number of carbonyl (C=O) groups excluding carboxylic acids is 2. The second-order valence-corrected chi connectivity index (χ2v) is 72.0. The number of hydrogen-bond acceptors (Lipinski definition) is 15. The summed E-state index contributed by atoms with van der Waals surface area (Å²) >= 11 is 19.6. The molecular formula is C59H83I6N12O5S3V2. The number of imidazole rings is 3. The van der Waals surface area contributed by atoms with Gasteiger partial charge in [0, 0.05) is 75.8 Å². The number of carboxylic acid groups (broad SMARTS) is 1. The van der Waals surface area contributed by atoms with E-state index in [9.17, 15) is 19.5 Å². The van der Waals surface area contributed by atoms with Crippen molar-refractivity contribution in [1.29, 1.82) is 0 Å². The van der Waals surface area contributed by atoms with Crippen LogP contribution in [0.15, 0.2) is 76.8 Å². The number of aromatic nitrogens is 9. The van der Waals surface area contributed by atoms with E-state index in [2.05, 4.69) is 213 Å². The molecule has 0 bridgehead atoms. The van der Waals surface area contributed by atoms with Crippen LogP contribution in [-0.2, 0) is 19.1 Å². The van der Waals surface area contributed by atoms with Gasteiger partial charge in [0.15, 0.2) is 22.7 Å². The van der Waals surface area contributed by atoms with Crippen LogP contribution in [0.4, 0.5) is 17.1 Å². The second-order valence-electron chi connectivity index (χ2n) is 21.4. The molecule has 17 nitrogen and oxygen atoms in total. The van der Waals surface area contributed by atoms with E-state index in [1.54, 1.807) is 47.5 Å². The number of alkyl halides is 1. The molecule has 87 heavy (non-hydrogen) atoms.